The van der Waals surface area contributed by atoms with Crippen LogP contribution in [0.3, 0.4) is 0 Å². The number of anilines is 1. The largest absolute Gasteiger partial charge is 0.384 e. The number of nitrogens with one attached hydrogen (secondary N) is 1. The maximum absolute atomic E-state index is 3.55. The monoisotopic (exact) mass is 260 g/mol. The van der Waals surface area contributed by atoms with Gasteiger partial charge in [0.05, 0.1) is 0 Å². The summed E-state index contributed by atoms with van der Waals surface area (Å²) in [5.74, 6) is 1.80. The Bertz CT molecular complexity index is 379. The van der Waals surface area contributed by atoms with Crippen LogP contribution in [0.1, 0.15) is 32.3 Å². The summed E-state index contributed by atoms with van der Waals surface area (Å²) in [4.78, 5) is 2.60. The molecular formula is C17H28N2. The summed E-state index contributed by atoms with van der Waals surface area (Å²) in [7, 11) is 0. The molecule has 1 N–H and O–H groups in total. The van der Waals surface area contributed by atoms with Crippen LogP contribution < -0.4 is 5.32 Å². The van der Waals surface area contributed by atoms with E-state index in [1.807, 2.05) is 0 Å². The van der Waals surface area contributed by atoms with Crippen LogP contribution >= 0.6 is 0 Å². The minimum atomic E-state index is 0.854. The molecule has 0 aliphatic carbocycles. The lowest BCUT2D eigenvalue weighted by atomic mass is 9.87. The summed E-state index contributed by atoms with van der Waals surface area (Å²) < 4.78 is 0. The molecule has 1 saturated heterocycles. The van der Waals surface area contributed by atoms with Crippen molar-refractivity contribution in [2.75, 3.05) is 31.5 Å². The number of piperidine rings is 1. The van der Waals surface area contributed by atoms with Gasteiger partial charge in [0.1, 0.15) is 0 Å². The molecule has 0 aromatic heterocycles. The van der Waals surface area contributed by atoms with Crippen molar-refractivity contribution < 1.29 is 0 Å². The Hall–Kier alpha value is -1.02. The van der Waals surface area contributed by atoms with Gasteiger partial charge in [-0.3, -0.25) is 0 Å². The van der Waals surface area contributed by atoms with Gasteiger partial charge in [0.25, 0.3) is 0 Å². The quantitative estimate of drug-likeness (QED) is 0.867. The van der Waals surface area contributed by atoms with Crippen molar-refractivity contribution in [3.8, 4) is 0 Å². The Morgan fingerprint density at radius 1 is 1.21 bits per heavy atom. The Morgan fingerprint density at radius 3 is 2.53 bits per heavy atom. The summed E-state index contributed by atoms with van der Waals surface area (Å²) in [5, 5.41) is 3.55. The predicted molar refractivity (Wildman–Crippen MR) is 83.7 cm³/mol. The van der Waals surface area contributed by atoms with Crippen molar-refractivity contribution in [2.24, 2.45) is 11.8 Å². The number of hydrogen-bond acceptors (Lipinski definition) is 2. The molecule has 2 heteroatoms. The Kier molecular flexibility index (Phi) is 5.26. The van der Waals surface area contributed by atoms with Crippen molar-refractivity contribution in [3.05, 3.63) is 29.8 Å². The molecule has 19 heavy (non-hydrogen) atoms. The zero-order chi connectivity index (χ0) is 13.7. The van der Waals surface area contributed by atoms with Crippen LogP contribution in [0.15, 0.2) is 24.3 Å². The fourth-order valence-electron chi connectivity index (χ4n) is 2.96. The second kappa shape index (κ2) is 6.95. The molecule has 2 rings (SSSR count). The molecule has 1 aliphatic rings. The van der Waals surface area contributed by atoms with E-state index in [-0.39, 0.29) is 0 Å². The van der Waals surface area contributed by atoms with Gasteiger partial charge in [0, 0.05) is 18.8 Å². The molecule has 1 aromatic rings. The second-order valence-electron chi connectivity index (χ2n) is 6.16. The van der Waals surface area contributed by atoms with Crippen LogP contribution in [0.25, 0.3) is 0 Å². The Balaban J connectivity index is 1.69. The summed E-state index contributed by atoms with van der Waals surface area (Å²) in [6, 6.07) is 8.53. The molecule has 0 spiro atoms. The van der Waals surface area contributed by atoms with E-state index in [1.54, 1.807) is 0 Å². The van der Waals surface area contributed by atoms with Crippen molar-refractivity contribution in [1.82, 2.24) is 4.90 Å². The molecule has 0 radical (unpaired) electrons. The van der Waals surface area contributed by atoms with Gasteiger partial charge in [-0.05, 0) is 56.3 Å². The van der Waals surface area contributed by atoms with Crippen LogP contribution in [-0.4, -0.2) is 31.1 Å². The Labute approximate surface area is 118 Å². The molecule has 106 valence electrons. The lowest BCUT2D eigenvalue weighted by molar-refractivity contribution is 0.162. The third kappa shape index (κ3) is 4.24. The van der Waals surface area contributed by atoms with Crippen molar-refractivity contribution in [2.45, 2.75) is 33.6 Å². The van der Waals surface area contributed by atoms with Gasteiger partial charge in [0.2, 0.25) is 0 Å². The van der Waals surface area contributed by atoms with Gasteiger partial charge in [-0.15, -0.1) is 0 Å². The van der Waals surface area contributed by atoms with E-state index in [9.17, 15) is 0 Å². The molecule has 0 bridgehead atoms. The van der Waals surface area contributed by atoms with E-state index in [0.717, 1.165) is 18.4 Å². The highest BCUT2D eigenvalue weighted by atomic mass is 15.1. The van der Waals surface area contributed by atoms with Gasteiger partial charge in [-0.25, -0.2) is 0 Å². The fourth-order valence-corrected chi connectivity index (χ4v) is 2.96. The average Bonchev–Trinajstić information content (AvgIpc) is 2.41. The third-order valence-corrected chi connectivity index (χ3v) is 4.46. The topological polar surface area (TPSA) is 15.3 Å². The van der Waals surface area contributed by atoms with Crippen LogP contribution in [-0.2, 0) is 0 Å². The maximum atomic E-state index is 3.55. The molecule has 0 amide bonds. The molecule has 1 aromatic carbocycles. The van der Waals surface area contributed by atoms with E-state index in [4.69, 9.17) is 0 Å². The van der Waals surface area contributed by atoms with Crippen molar-refractivity contribution in [1.29, 1.82) is 0 Å². The molecule has 1 heterocycles. The molecule has 0 atom stereocenters. The number of rotatable bonds is 5. The van der Waals surface area contributed by atoms with Gasteiger partial charge in [0.15, 0.2) is 0 Å². The van der Waals surface area contributed by atoms with Gasteiger partial charge < -0.3 is 10.2 Å². The van der Waals surface area contributed by atoms with E-state index < -0.39 is 0 Å². The SMILES string of the molecule is Cc1ccccc1NCCN1CCC(C(C)C)CC1. The maximum Gasteiger partial charge on any atom is 0.0370 e. The van der Waals surface area contributed by atoms with Gasteiger partial charge >= 0.3 is 0 Å². The Morgan fingerprint density at radius 2 is 1.89 bits per heavy atom. The lowest BCUT2D eigenvalue weighted by Crippen LogP contribution is -2.37. The summed E-state index contributed by atoms with van der Waals surface area (Å²) >= 11 is 0. The lowest BCUT2D eigenvalue weighted by Gasteiger charge is -2.33. The summed E-state index contributed by atoms with van der Waals surface area (Å²) in [5.41, 5.74) is 2.61. The number of nitrogens with zero attached hydrogens (tertiary/aromatic N) is 1. The van der Waals surface area contributed by atoms with E-state index in [2.05, 4.69) is 55.3 Å². The minimum Gasteiger partial charge on any atom is -0.384 e. The molecular weight excluding hydrogens is 232 g/mol. The zero-order valence-corrected chi connectivity index (χ0v) is 12.7. The minimum absolute atomic E-state index is 0.854. The number of likely N-dealkylation sites (tertiary alicyclic amines) is 1. The number of para-hydroxylation sites is 1. The van der Waals surface area contributed by atoms with Crippen LogP contribution in [0, 0.1) is 18.8 Å². The van der Waals surface area contributed by atoms with Crippen LogP contribution in [0.2, 0.25) is 0 Å². The smallest absolute Gasteiger partial charge is 0.0370 e. The van der Waals surface area contributed by atoms with Crippen LogP contribution in [0.4, 0.5) is 5.69 Å². The molecule has 1 fully saturated rings. The first-order chi connectivity index (χ1) is 9.16. The fraction of sp³-hybridized carbons (Fsp3) is 0.647. The highest BCUT2D eigenvalue weighted by Crippen LogP contribution is 2.24. The first-order valence-corrected chi connectivity index (χ1v) is 7.68. The van der Waals surface area contributed by atoms with E-state index >= 15 is 0 Å². The average molecular weight is 260 g/mol. The highest BCUT2D eigenvalue weighted by molar-refractivity contribution is 5.50. The third-order valence-electron chi connectivity index (χ3n) is 4.46. The number of aryl methyl sites for hydroxylation is 1. The van der Waals surface area contributed by atoms with Gasteiger partial charge in [-0.2, -0.15) is 0 Å². The normalized spacial score (nSPS) is 17.9. The van der Waals surface area contributed by atoms with Crippen LogP contribution in [0.5, 0.6) is 0 Å². The second-order valence-corrected chi connectivity index (χ2v) is 6.16. The zero-order valence-electron chi connectivity index (χ0n) is 12.7. The predicted octanol–water partition coefficient (Wildman–Crippen LogP) is 3.77. The molecule has 1 aliphatic heterocycles. The first-order valence-electron chi connectivity index (χ1n) is 7.68. The highest BCUT2D eigenvalue weighted by Gasteiger charge is 2.20. The van der Waals surface area contributed by atoms with Gasteiger partial charge in [-0.1, -0.05) is 32.0 Å². The molecule has 2 nitrogen and oxygen atoms in total. The molecule has 0 unspecified atom stereocenters. The van der Waals surface area contributed by atoms with Crippen molar-refractivity contribution in [3.63, 3.8) is 0 Å². The molecule has 0 saturated carbocycles. The van der Waals surface area contributed by atoms with E-state index in [0.29, 0.717) is 0 Å². The van der Waals surface area contributed by atoms with Crippen molar-refractivity contribution >= 4 is 5.69 Å². The summed E-state index contributed by atoms with van der Waals surface area (Å²) in [6.45, 7) is 11.7. The number of benzene rings is 1. The standard InChI is InChI=1S/C17H28N2/c1-14(2)16-8-11-19(12-9-16)13-10-18-17-7-5-4-6-15(17)3/h4-7,14,16,18H,8-13H2,1-3H3. The summed E-state index contributed by atoms with van der Waals surface area (Å²) in [6.07, 6.45) is 2.75. The van der Waals surface area contributed by atoms with E-state index in [1.165, 1.54) is 43.7 Å². The number of hydrogen-bond donors (Lipinski definition) is 1. The first kappa shape index (κ1) is 14.4.